The number of benzene rings is 3. The number of nitrogens with one attached hydrogen (secondary N) is 1. The third-order valence-corrected chi connectivity index (χ3v) is 5.32. The molecule has 0 bridgehead atoms. The lowest BCUT2D eigenvalue weighted by molar-refractivity contribution is 0.102. The Balaban J connectivity index is 1.54. The van der Waals surface area contributed by atoms with Crippen molar-refractivity contribution in [2.24, 2.45) is 0 Å². The van der Waals surface area contributed by atoms with Crippen molar-refractivity contribution < 1.29 is 4.79 Å². The summed E-state index contributed by atoms with van der Waals surface area (Å²) in [5, 5.41) is 14.1. The zero-order chi connectivity index (χ0) is 21.2. The van der Waals surface area contributed by atoms with Gasteiger partial charge >= 0.3 is 0 Å². The average molecular weight is 425 g/mol. The van der Waals surface area contributed by atoms with Crippen molar-refractivity contribution in [3.8, 4) is 16.9 Å². The molecule has 31 heavy (non-hydrogen) atoms. The maximum atomic E-state index is 13.1. The molecular weight excluding hydrogens is 410 g/mol. The second-order valence-corrected chi connectivity index (χ2v) is 7.38. The minimum Gasteiger partial charge on any atom is -0.321 e. The molecule has 7 nitrogen and oxygen atoms in total. The van der Waals surface area contributed by atoms with Crippen molar-refractivity contribution in [1.29, 1.82) is 0 Å². The third-order valence-electron chi connectivity index (χ3n) is 4.82. The molecule has 0 aliphatic heterocycles. The van der Waals surface area contributed by atoms with Crippen LogP contribution in [0.3, 0.4) is 0 Å². The zero-order valence-electron chi connectivity index (χ0n) is 16.1. The number of rotatable bonds is 4. The van der Waals surface area contributed by atoms with Gasteiger partial charge in [0.05, 0.1) is 11.1 Å². The van der Waals surface area contributed by atoms with E-state index in [4.69, 9.17) is 0 Å². The molecule has 5 aromatic rings. The van der Waals surface area contributed by atoms with Crippen LogP contribution >= 0.6 is 11.5 Å². The van der Waals surface area contributed by atoms with Crippen LogP contribution in [0.25, 0.3) is 27.7 Å². The second-order valence-electron chi connectivity index (χ2n) is 6.77. The van der Waals surface area contributed by atoms with E-state index in [9.17, 15) is 9.59 Å². The quantitative estimate of drug-likeness (QED) is 0.467. The number of para-hydroxylation sites is 1. The van der Waals surface area contributed by atoms with E-state index < -0.39 is 5.91 Å². The average Bonchev–Trinajstić information content (AvgIpc) is 3.35. The van der Waals surface area contributed by atoms with Crippen molar-refractivity contribution in [2.45, 2.75) is 0 Å². The highest BCUT2D eigenvalue weighted by Crippen LogP contribution is 2.21. The van der Waals surface area contributed by atoms with Gasteiger partial charge in [0.25, 0.3) is 11.5 Å². The Bertz CT molecular complexity index is 1430. The molecule has 0 aliphatic carbocycles. The molecule has 0 saturated carbocycles. The van der Waals surface area contributed by atoms with Crippen LogP contribution in [0.5, 0.6) is 0 Å². The standard InChI is InChI=1S/C23H15N5O2S/c29-22(24-16-12-10-15(11-13-16)20-14-31-27-25-20)21-18-8-4-5-9-19(18)23(30)28(26-21)17-6-2-1-3-7-17/h1-14H,(H,24,29). The van der Waals surface area contributed by atoms with Crippen LogP contribution in [-0.2, 0) is 0 Å². The number of amides is 1. The molecule has 3 aromatic carbocycles. The Kier molecular flexibility index (Phi) is 4.81. The first-order valence-corrected chi connectivity index (χ1v) is 10.3. The zero-order valence-corrected chi connectivity index (χ0v) is 16.9. The summed E-state index contributed by atoms with van der Waals surface area (Å²) in [5.74, 6) is -0.399. The molecule has 0 atom stereocenters. The van der Waals surface area contributed by atoms with Crippen molar-refractivity contribution in [3.05, 3.63) is 100 Å². The molecule has 8 heteroatoms. The molecule has 0 aliphatic rings. The van der Waals surface area contributed by atoms with Crippen molar-refractivity contribution in [3.63, 3.8) is 0 Å². The molecule has 0 fully saturated rings. The smallest absolute Gasteiger partial charge is 0.279 e. The summed E-state index contributed by atoms with van der Waals surface area (Å²) in [6.45, 7) is 0. The largest absolute Gasteiger partial charge is 0.321 e. The topological polar surface area (TPSA) is 89.8 Å². The van der Waals surface area contributed by atoms with Gasteiger partial charge in [-0.2, -0.15) is 9.78 Å². The maximum absolute atomic E-state index is 13.1. The highest BCUT2D eigenvalue weighted by molar-refractivity contribution is 7.03. The summed E-state index contributed by atoms with van der Waals surface area (Å²) in [7, 11) is 0. The molecule has 0 saturated heterocycles. The molecule has 2 aromatic heterocycles. The maximum Gasteiger partial charge on any atom is 0.279 e. The summed E-state index contributed by atoms with van der Waals surface area (Å²) >= 11 is 1.28. The highest BCUT2D eigenvalue weighted by Gasteiger charge is 2.17. The van der Waals surface area contributed by atoms with Gasteiger partial charge in [0.15, 0.2) is 5.69 Å². The van der Waals surface area contributed by atoms with Crippen LogP contribution in [0.4, 0.5) is 5.69 Å². The third kappa shape index (κ3) is 3.60. The van der Waals surface area contributed by atoms with Crippen molar-refractivity contribution >= 4 is 33.9 Å². The minimum absolute atomic E-state index is 0.173. The van der Waals surface area contributed by atoms with Gasteiger partial charge in [-0.25, -0.2) is 0 Å². The predicted octanol–water partition coefficient (Wildman–Crippen LogP) is 4.16. The van der Waals surface area contributed by atoms with Gasteiger partial charge in [0.2, 0.25) is 0 Å². The van der Waals surface area contributed by atoms with Crippen molar-refractivity contribution in [1.82, 2.24) is 19.4 Å². The summed E-state index contributed by atoms with van der Waals surface area (Å²) in [5.41, 5.74) is 2.79. The monoisotopic (exact) mass is 425 g/mol. The van der Waals surface area contributed by atoms with E-state index in [2.05, 4.69) is 20.0 Å². The van der Waals surface area contributed by atoms with Gasteiger partial charge in [0, 0.05) is 22.0 Å². The van der Waals surface area contributed by atoms with E-state index in [0.717, 1.165) is 11.3 Å². The van der Waals surface area contributed by atoms with Gasteiger partial charge in [-0.3, -0.25) is 9.59 Å². The summed E-state index contributed by atoms with van der Waals surface area (Å²) in [4.78, 5) is 26.1. The predicted molar refractivity (Wildman–Crippen MR) is 121 cm³/mol. The number of anilines is 1. The van der Waals surface area contributed by atoms with Crippen LogP contribution in [0.15, 0.2) is 89.0 Å². The van der Waals surface area contributed by atoms with Crippen LogP contribution in [0.1, 0.15) is 10.5 Å². The van der Waals surface area contributed by atoms with E-state index in [1.54, 1.807) is 48.5 Å². The Morgan fingerprint density at radius 1 is 0.871 bits per heavy atom. The summed E-state index contributed by atoms with van der Waals surface area (Å²) in [6.07, 6.45) is 0. The van der Waals surface area contributed by atoms with Gasteiger partial charge in [0.1, 0.15) is 5.69 Å². The van der Waals surface area contributed by atoms with E-state index in [0.29, 0.717) is 22.1 Å². The number of nitrogens with zero attached hydrogens (tertiary/aromatic N) is 4. The fourth-order valence-electron chi connectivity index (χ4n) is 3.31. The first-order valence-electron chi connectivity index (χ1n) is 9.47. The summed E-state index contributed by atoms with van der Waals surface area (Å²) in [6, 6.07) is 23.3. The van der Waals surface area contributed by atoms with Crippen LogP contribution in [0, 0.1) is 0 Å². The number of hydrogen-bond donors (Lipinski definition) is 1. The van der Waals surface area contributed by atoms with Crippen LogP contribution in [-0.4, -0.2) is 25.3 Å². The number of hydrogen-bond acceptors (Lipinski definition) is 6. The Morgan fingerprint density at radius 3 is 2.29 bits per heavy atom. The van der Waals surface area contributed by atoms with Crippen LogP contribution < -0.4 is 10.9 Å². The molecule has 2 heterocycles. The molecule has 0 radical (unpaired) electrons. The summed E-state index contributed by atoms with van der Waals surface area (Å²) < 4.78 is 5.12. The number of fused-ring (bicyclic) bond motifs is 1. The van der Waals surface area contributed by atoms with E-state index in [-0.39, 0.29) is 11.3 Å². The molecule has 1 amide bonds. The Labute approximate surface area is 180 Å². The Hall–Kier alpha value is -4.17. The molecule has 0 spiro atoms. The van der Waals surface area contributed by atoms with Crippen molar-refractivity contribution in [2.75, 3.05) is 5.32 Å². The molecule has 0 unspecified atom stereocenters. The van der Waals surface area contributed by atoms with Gasteiger partial charge in [-0.1, -0.05) is 53.0 Å². The number of carbonyl (C=O) groups excluding carboxylic acids is 1. The fraction of sp³-hybridized carbons (Fsp3) is 0. The molecule has 150 valence electrons. The lowest BCUT2D eigenvalue weighted by Crippen LogP contribution is -2.26. The normalized spacial score (nSPS) is 10.8. The van der Waals surface area contributed by atoms with E-state index >= 15 is 0 Å². The lowest BCUT2D eigenvalue weighted by atomic mass is 10.1. The minimum atomic E-state index is -0.399. The van der Waals surface area contributed by atoms with Gasteiger partial charge in [-0.05, 0) is 41.9 Å². The second kappa shape index (κ2) is 7.92. The lowest BCUT2D eigenvalue weighted by Gasteiger charge is -2.11. The SMILES string of the molecule is O=C(Nc1ccc(-c2csnn2)cc1)c1nn(-c2ccccc2)c(=O)c2ccccc12. The molecule has 1 N–H and O–H groups in total. The number of aromatic nitrogens is 4. The first-order chi connectivity index (χ1) is 15.2. The van der Waals surface area contributed by atoms with Gasteiger partial charge < -0.3 is 5.32 Å². The van der Waals surface area contributed by atoms with E-state index in [1.807, 2.05) is 35.7 Å². The molecule has 5 rings (SSSR count). The molecular formula is C23H15N5O2S. The number of carbonyl (C=O) groups is 1. The Morgan fingerprint density at radius 2 is 1.58 bits per heavy atom. The highest BCUT2D eigenvalue weighted by atomic mass is 32.1. The van der Waals surface area contributed by atoms with Crippen LogP contribution in [0.2, 0.25) is 0 Å². The van der Waals surface area contributed by atoms with Gasteiger partial charge in [-0.15, -0.1) is 5.10 Å². The fourth-order valence-corrected chi connectivity index (χ4v) is 3.77. The first kappa shape index (κ1) is 18.8. The van der Waals surface area contributed by atoms with E-state index in [1.165, 1.54) is 16.2 Å².